The van der Waals surface area contributed by atoms with Gasteiger partial charge in [0.1, 0.15) is 5.41 Å². The molecule has 2 rings (SSSR count). The predicted molar refractivity (Wildman–Crippen MR) is 76.7 cm³/mol. The number of alkyl halides is 2. The third-order valence-electron chi connectivity index (χ3n) is 4.18. The number of carbonyl (C=O) groups is 2. The van der Waals surface area contributed by atoms with Gasteiger partial charge in [0.15, 0.2) is 0 Å². The van der Waals surface area contributed by atoms with Gasteiger partial charge in [0.2, 0.25) is 5.91 Å². The standard InChI is InChI=1S/C16H19F2NO3/c1-10-4-3-5-11(6-10)7-12(13(20)21)8-19-14(22)15(2)9-16(15,17)18/h3-6,12H,7-9H2,1-2H3,(H,19,22)(H,20,21). The SMILES string of the molecule is Cc1cccc(CC(CNC(=O)C2(C)CC2(F)F)C(=O)O)c1. The van der Waals surface area contributed by atoms with E-state index in [1.807, 2.05) is 25.1 Å². The van der Waals surface area contributed by atoms with Crippen LogP contribution in [0.4, 0.5) is 8.78 Å². The fourth-order valence-electron chi connectivity index (χ4n) is 2.43. The van der Waals surface area contributed by atoms with Crippen LogP contribution in [0.2, 0.25) is 0 Å². The number of hydrogen-bond donors (Lipinski definition) is 2. The molecule has 2 atom stereocenters. The lowest BCUT2D eigenvalue weighted by molar-refractivity contribution is -0.141. The number of carbonyl (C=O) groups excluding carboxylic acids is 1. The van der Waals surface area contributed by atoms with Crippen molar-refractivity contribution in [3.63, 3.8) is 0 Å². The Labute approximate surface area is 127 Å². The molecule has 1 saturated carbocycles. The van der Waals surface area contributed by atoms with Crippen molar-refractivity contribution in [2.24, 2.45) is 11.3 Å². The molecular formula is C16H19F2NO3. The molecule has 1 aliphatic rings. The molecule has 0 heterocycles. The zero-order chi connectivity index (χ0) is 16.5. The summed E-state index contributed by atoms with van der Waals surface area (Å²) in [6, 6.07) is 7.40. The monoisotopic (exact) mass is 311 g/mol. The van der Waals surface area contributed by atoms with Gasteiger partial charge in [-0.1, -0.05) is 29.8 Å². The molecule has 0 saturated heterocycles. The minimum absolute atomic E-state index is 0.159. The Hall–Kier alpha value is -1.98. The first-order valence-electron chi connectivity index (χ1n) is 7.10. The maximum Gasteiger partial charge on any atom is 0.308 e. The van der Waals surface area contributed by atoms with E-state index in [0.29, 0.717) is 0 Å². The molecule has 0 spiro atoms. The minimum Gasteiger partial charge on any atom is -0.481 e. The number of aryl methyl sites for hydroxylation is 1. The summed E-state index contributed by atoms with van der Waals surface area (Å²) in [6.45, 7) is 2.93. The molecule has 1 fully saturated rings. The largest absolute Gasteiger partial charge is 0.481 e. The Morgan fingerprint density at radius 2 is 2.05 bits per heavy atom. The summed E-state index contributed by atoms with van der Waals surface area (Å²) in [5.41, 5.74) is 0.153. The molecule has 1 aromatic rings. The molecule has 0 aromatic heterocycles. The summed E-state index contributed by atoms with van der Waals surface area (Å²) >= 11 is 0. The van der Waals surface area contributed by atoms with Gasteiger partial charge in [0.05, 0.1) is 5.92 Å². The van der Waals surface area contributed by atoms with E-state index in [9.17, 15) is 23.5 Å². The molecule has 2 N–H and O–H groups in total. The molecule has 1 amide bonds. The van der Waals surface area contributed by atoms with Crippen molar-refractivity contribution < 1.29 is 23.5 Å². The molecule has 0 radical (unpaired) electrons. The van der Waals surface area contributed by atoms with Crippen LogP contribution in [0.1, 0.15) is 24.5 Å². The molecule has 0 aliphatic heterocycles. The van der Waals surface area contributed by atoms with Crippen LogP contribution in [0.15, 0.2) is 24.3 Å². The third-order valence-corrected chi connectivity index (χ3v) is 4.18. The van der Waals surface area contributed by atoms with Gasteiger partial charge >= 0.3 is 5.97 Å². The third kappa shape index (κ3) is 3.26. The molecule has 1 aliphatic carbocycles. The normalized spacial score (nSPS) is 23.6. The van der Waals surface area contributed by atoms with Crippen LogP contribution < -0.4 is 5.32 Å². The van der Waals surface area contributed by atoms with Crippen LogP contribution in [0.25, 0.3) is 0 Å². The quantitative estimate of drug-likeness (QED) is 0.848. The summed E-state index contributed by atoms with van der Waals surface area (Å²) in [4.78, 5) is 23.1. The minimum atomic E-state index is -2.99. The van der Waals surface area contributed by atoms with Gasteiger partial charge in [-0.15, -0.1) is 0 Å². The van der Waals surface area contributed by atoms with Crippen LogP contribution in [-0.4, -0.2) is 29.5 Å². The van der Waals surface area contributed by atoms with Gasteiger partial charge in [0, 0.05) is 13.0 Å². The lowest BCUT2D eigenvalue weighted by Gasteiger charge is -2.16. The summed E-state index contributed by atoms with van der Waals surface area (Å²) in [7, 11) is 0. The van der Waals surface area contributed by atoms with Crippen molar-refractivity contribution in [2.45, 2.75) is 32.6 Å². The van der Waals surface area contributed by atoms with Crippen molar-refractivity contribution >= 4 is 11.9 Å². The second kappa shape index (κ2) is 5.66. The zero-order valence-electron chi connectivity index (χ0n) is 12.5. The van der Waals surface area contributed by atoms with Crippen molar-refractivity contribution in [1.82, 2.24) is 5.32 Å². The molecular weight excluding hydrogens is 292 g/mol. The maximum absolute atomic E-state index is 13.1. The first-order chi connectivity index (χ1) is 10.2. The predicted octanol–water partition coefficient (Wildman–Crippen LogP) is 2.40. The van der Waals surface area contributed by atoms with E-state index in [-0.39, 0.29) is 13.0 Å². The number of nitrogens with one attached hydrogen (secondary N) is 1. The number of aliphatic carboxylic acids is 1. The number of rotatable bonds is 6. The summed E-state index contributed by atoms with van der Waals surface area (Å²) in [6.07, 6.45) is -0.244. The Morgan fingerprint density at radius 1 is 1.41 bits per heavy atom. The number of benzene rings is 1. The molecule has 22 heavy (non-hydrogen) atoms. The molecule has 1 aromatic carbocycles. The fraction of sp³-hybridized carbons (Fsp3) is 0.500. The molecule has 4 nitrogen and oxygen atoms in total. The van der Waals surface area contributed by atoms with Crippen LogP contribution >= 0.6 is 0 Å². The maximum atomic E-state index is 13.1. The van der Waals surface area contributed by atoms with Crippen molar-refractivity contribution in [3.05, 3.63) is 35.4 Å². The van der Waals surface area contributed by atoms with Crippen molar-refractivity contribution in [2.75, 3.05) is 6.54 Å². The fourth-order valence-corrected chi connectivity index (χ4v) is 2.43. The Morgan fingerprint density at radius 3 is 2.55 bits per heavy atom. The molecule has 120 valence electrons. The van der Waals surface area contributed by atoms with Gasteiger partial charge < -0.3 is 10.4 Å². The van der Waals surface area contributed by atoms with E-state index >= 15 is 0 Å². The summed E-state index contributed by atoms with van der Waals surface area (Å²) in [5, 5.41) is 11.6. The van der Waals surface area contributed by atoms with E-state index in [1.54, 1.807) is 6.07 Å². The van der Waals surface area contributed by atoms with E-state index in [4.69, 9.17) is 0 Å². The van der Waals surface area contributed by atoms with Crippen molar-refractivity contribution in [3.8, 4) is 0 Å². The van der Waals surface area contributed by atoms with Gasteiger partial charge in [-0.25, -0.2) is 8.78 Å². The summed E-state index contributed by atoms with van der Waals surface area (Å²) < 4.78 is 26.3. The van der Waals surface area contributed by atoms with Crippen molar-refractivity contribution in [1.29, 1.82) is 0 Å². The van der Waals surface area contributed by atoms with Gasteiger partial charge in [-0.2, -0.15) is 0 Å². The molecule has 2 unspecified atom stereocenters. The number of halogens is 2. The zero-order valence-corrected chi connectivity index (χ0v) is 12.5. The second-order valence-electron chi connectivity index (χ2n) is 6.15. The average molecular weight is 311 g/mol. The van der Waals surface area contributed by atoms with Crippen LogP contribution in [0, 0.1) is 18.3 Å². The highest BCUT2D eigenvalue weighted by Gasteiger charge is 2.72. The van der Waals surface area contributed by atoms with E-state index in [0.717, 1.165) is 11.1 Å². The van der Waals surface area contributed by atoms with Crippen LogP contribution in [-0.2, 0) is 16.0 Å². The molecule has 0 bridgehead atoms. The Bertz CT molecular complexity index is 603. The molecule has 6 heteroatoms. The lowest BCUT2D eigenvalue weighted by atomic mass is 9.97. The highest BCUT2D eigenvalue weighted by atomic mass is 19.3. The second-order valence-corrected chi connectivity index (χ2v) is 6.15. The van der Waals surface area contributed by atoms with E-state index in [1.165, 1.54) is 6.92 Å². The first-order valence-corrected chi connectivity index (χ1v) is 7.10. The Kier molecular flexibility index (Phi) is 4.22. The first kappa shape index (κ1) is 16.4. The number of hydrogen-bond acceptors (Lipinski definition) is 2. The number of carboxylic acid groups (broad SMARTS) is 1. The highest BCUT2D eigenvalue weighted by molar-refractivity contribution is 5.87. The van der Waals surface area contributed by atoms with E-state index < -0.39 is 35.6 Å². The van der Waals surface area contributed by atoms with Crippen LogP contribution in [0.5, 0.6) is 0 Å². The summed E-state index contributed by atoms with van der Waals surface area (Å²) in [5.74, 6) is -5.68. The number of carboxylic acids is 1. The average Bonchev–Trinajstić information content (AvgIpc) is 2.94. The van der Waals surface area contributed by atoms with Crippen LogP contribution in [0.3, 0.4) is 0 Å². The highest BCUT2D eigenvalue weighted by Crippen LogP contribution is 2.60. The lowest BCUT2D eigenvalue weighted by Crippen LogP contribution is -2.39. The Balaban J connectivity index is 1.96. The number of amides is 1. The van der Waals surface area contributed by atoms with E-state index in [2.05, 4.69) is 5.32 Å². The van der Waals surface area contributed by atoms with Gasteiger partial charge in [-0.05, 0) is 25.8 Å². The topological polar surface area (TPSA) is 66.4 Å². The van der Waals surface area contributed by atoms with Gasteiger partial charge in [-0.3, -0.25) is 9.59 Å². The smallest absolute Gasteiger partial charge is 0.308 e. The van der Waals surface area contributed by atoms with Gasteiger partial charge in [0.25, 0.3) is 5.92 Å².